The Morgan fingerprint density at radius 1 is 1.47 bits per heavy atom. The highest BCUT2D eigenvalue weighted by molar-refractivity contribution is 5.75. The Morgan fingerprint density at radius 2 is 2.06 bits per heavy atom. The molecule has 0 aliphatic rings. The molecule has 0 aliphatic heterocycles. The maximum absolute atomic E-state index is 12.3. The molecule has 0 aliphatic carbocycles. The van der Waals surface area contributed by atoms with Gasteiger partial charge in [0.1, 0.15) is 0 Å². The van der Waals surface area contributed by atoms with Crippen molar-refractivity contribution in [3.63, 3.8) is 0 Å². The summed E-state index contributed by atoms with van der Waals surface area (Å²) in [6, 6.07) is 0. The number of methoxy groups -OCH3 is 1. The Kier molecular flexibility index (Phi) is 3.49. The smallest absolute Gasteiger partial charge is 0.419 e. The van der Waals surface area contributed by atoms with Gasteiger partial charge in [0.05, 0.1) is 30.8 Å². The lowest BCUT2D eigenvalue weighted by Gasteiger charge is -2.20. The van der Waals surface area contributed by atoms with Gasteiger partial charge >= 0.3 is 12.1 Å². The molecule has 0 amide bonds. The number of halogens is 3. The second-order valence-corrected chi connectivity index (χ2v) is 4.30. The molecule has 0 bridgehead atoms. The minimum absolute atomic E-state index is 0.0236. The molecule has 1 aromatic rings. The van der Waals surface area contributed by atoms with Gasteiger partial charge in [0.15, 0.2) is 0 Å². The van der Waals surface area contributed by atoms with Gasteiger partial charge in [-0.05, 0) is 13.8 Å². The minimum Gasteiger partial charge on any atom is -0.469 e. The van der Waals surface area contributed by atoms with Gasteiger partial charge in [0.25, 0.3) is 0 Å². The summed E-state index contributed by atoms with van der Waals surface area (Å²) in [5.74, 6) is -0.499. The van der Waals surface area contributed by atoms with E-state index in [-0.39, 0.29) is 6.54 Å². The fourth-order valence-electron chi connectivity index (χ4n) is 1.34. The molecule has 0 saturated heterocycles. The van der Waals surface area contributed by atoms with Crippen molar-refractivity contribution in [1.82, 2.24) is 9.78 Å². The number of ether oxygens (including phenoxy) is 1. The third-order valence-electron chi connectivity index (χ3n) is 2.26. The molecule has 0 atom stereocenters. The molecule has 1 heterocycles. The number of esters is 1. The van der Waals surface area contributed by atoms with Gasteiger partial charge in [-0.3, -0.25) is 9.48 Å². The molecule has 96 valence electrons. The summed E-state index contributed by atoms with van der Waals surface area (Å²) in [5.41, 5.74) is -1.76. The quantitative estimate of drug-likeness (QED) is 0.772. The molecule has 0 unspecified atom stereocenters. The summed E-state index contributed by atoms with van der Waals surface area (Å²) in [5, 5.41) is 3.57. The number of aromatic nitrogens is 2. The molecule has 0 saturated carbocycles. The lowest BCUT2D eigenvalue weighted by molar-refractivity contribution is -0.151. The first-order chi connectivity index (χ1) is 7.66. The van der Waals surface area contributed by atoms with Crippen LogP contribution in [0.15, 0.2) is 12.4 Å². The average Bonchev–Trinajstić information content (AvgIpc) is 2.63. The van der Waals surface area contributed by atoms with Crippen LogP contribution < -0.4 is 0 Å². The summed E-state index contributed by atoms with van der Waals surface area (Å²) in [6.07, 6.45) is -2.83. The number of alkyl halides is 3. The zero-order chi connectivity index (χ0) is 13.3. The van der Waals surface area contributed by atoms with Crippen LogP contribution in [0.25, 0.3) is 0 Å². The summed E-state index contributed by atoms with van der Waals surface area (Å²) < 4.78 is 42.6. The predicted octanol–water partition coefficient (Wildman–Crippen LogP) is 2.10. The van der Waals surface area contributed by atoms with E-state index in [2.05, 4.69) is 9.84 Å². The van der Waals surface area contributed by atoms with Crippen LogP contribution in [0.5, 0.6) is 0 Å². The molecule has 0 spiro atoms. The van der Waals surface area contributed by atoms with Crippen LogP contribution in [0.3, 0.4) is 0 Å². The van der Waals surface area contributed by atoms with Crippen molar-refractivity contribution in [2.45, 2.75) is 26.6 Å². The van der Waals surface area contributed by atoms with Crippen LogP contribution in [0.1, 0.15) is 19.4 Å². The van der Waals surface area contributed by atoms with Crippen molar-refractivity contribution < 1.29 is 22.7 Å². The highest BCUT2D eigenvalue weighted by atomic mass is 19.4. The van der Waals surface area contributed by atoms with E-state index in [1.165, 1.54) is 7.11 Å². The van der Waals surface area contributed by atoms with E-state index in [1.807, 2.05) is 0 Å². The van der Waals surface area contributed by atoms with E-state index in [1.54, 1.807) is 13.8 Å². The first-order valence-corrected chi connectivity index (χ1v) is 4.85. The van der Waals surface area contributed by atoms with Gasteiger partial charge in [0.2, 0.25) is 0 Å². The first kappa shape index (κ1) is 13.5. The summed E-state index contributed by atoms with van der Waals surface area (Å²) in [6.45, 7) is 3.18. The normalized spacial score (nSPS) is 12.6. The molecule has 0 aromatic carbocycles. The Morgan fingerprint density at radius 3 is 2.47 bits per heavy atom. The minimum atomic E-state index is -4.42. The van der Waals surface area contributed by atoms with E-state index in [0.717, 1.165) is 17.1 Å². The van der Waals surface area contributed by atoms with Gasteiger partial charge in [-0.1, -0.05) is 0 Å². The highest BCUT2D eigenvalue weighted by Gasteiger charge is 2.34. The van der Waals surface area contributed by atoms with Crippen molar-refractivity contribution in [2.75, 3.05) is 7.11 Å². The van der Waals surface area contributed by atoms with Gasteiger partial charge < -0.3 is 4.74 Å². The molecular weight excluding hydrogens is 237 g/mol. The van der Waals surface area contributed by atoms with E-state index in [9.17, 15) is 18.0 Å². The molecule has 1 aromatic heterocycles. The molecule has 7 heteroatoms. The van der Waals surface area contributed by atoms with Crippen molar-refractivity contribution in [2.24, 2.45) is 5.41 Å². The van der Waals surface area contributed by atoms with Crippen LogP contribution in [-0.2, 0) is 22.3 Å². The molecule has 4 nitrogen and oxygen atoms in total. The van der Waals surface area contributed by atoms with E-state index in [0.29, 0.717) is 0 Å². The van der Waals surface area contributed by atoms with Gasteiger partial charge in [0, 0.05) is 6.20 Å². The molecule has 17 heavy (non-hydrogen) atoms. The van der Waals surface area contributed by atoms with Crippen LogP contribution in [-0.4, -0.2) is 22.9 Å². The molecule has 0 N–H and O–H groups in total. The number of carbonyl (C=O) groups is 1. The summed E-state index contributed by atoms with van der Waals surface area (Å²) in [7, 11) is 1.23. The number of carbonyl (C=O) groups excluding carboxylic acids is 1. The van der Waals surface area contributed by atoms with Crippen molar-refractivity contribution in [3.05, 3.63) is 18.0 Å². The number of hydrogen-bond donors (Lipinski definition) is 0. The molecule has 1 rings (SSSR count). The maximum atomic E-state index is 12.3. The Balaban J connectivity index is 2.83. The number of rotatable bonds is 3. The lowest BCUT2D eigenvalue weighted by atomic mass is 9.94. The van der Waals surface area contributed by atoms with Crippen LogP contribution >= 0.6 is 0 Å². The second-order valence-electron chi connectivity index (χ2n) is 4.30. The number of hydrogen-bond acceptors (Lipinski definition) is 3. The lowest BCUT2D eigenvalue weighted by Crippen LogP contribution is -2.30. The zero-order valence-electron chi connectivity index (χ0n) is 9.71. The van der Waals surface area contributed by atoms with Crippen molar-refractivity contribution in [1.29, 1.82) is 0 Å². The standard InChI is InChI=1S/C10H13F3N2O2/c1-9(2,8(16)17-3)6-15-5-7(4-14-15)10(11,12)13/h4-5H,6H2,1-3H3. The maximum Gasteiger partial charge on any atom is 0.419 e. The molecule has 0 fully saturated rings. The van der Waals surface area contributed by atoms with Crippen LogP contribution in [0.4, 0.5) is 13.2 Å². The molecular formula is C10H13F3N2O2. The average molecular weight is 250 g/mol. The summed E-state index contributed by atoms with van der Waals surface area (Å²) in [4.78, 5) is 11.4. The second kappa shape index (κ2) is 4.38. The first-order valence-electron chi connectivity index (χ1n) is 4.85. The van der Waals surface area contributed by atoms with Crippen molar-refractivity contribution >= 4 is 5.97 Å². The fraction of sp³-hybridized carbons (Fsp3) is 0.600. The predicted molar refractivity (Wildman–Crippen MR) is 53.0 cm³/mol. The monoisotopic (exact) mass is 250 g/mol. The van der Waals surface area contributed by atoms with E-state index < -0.39 is 23.1 Å². The number of nitrogens with zero attached hydrogens (tertiary/aromatic N) is 2. The largest absolute Gasteiger partial charge is 0.469 e. The Hall–Kier alpha value is -1.53. The fourth-order valence-corrected chi connectivity index (χ4v) is 1.34. The van der Waals surface area contributed by atoms with E-state index in [4.69, 9.17) is 0 Å². The Labute approximate surface area is 96.4 Å². The van der Waals surface area contributed by atoms with Gasteiger partial charge in [-0.15, -0.1) is 0 Å². The molecule has 0 radical (unpaired) electrons. The van der Waals surface area contributed by atoms with Crippen LogP contribution in [0, 0.1) is 5.41 Å². The highest BCUT2D eigenvalue weighted by Crippen LogP contribution is 2.29. The SMILES string of the molecule is COC(=O)C(C)(C)Cn1cc(C(F)(F)F)cn1. The third-order valence-corrected chi connectivity index (χ3v) is 2.26. The summed E-state index contributed by atoms with van der Waals surface area (Å²) >= 11 is 0. The van der Waals surface area contributed by atoms with Gasteiger partial charge in [-0.25, -0.2) is 0 Å². The third kappa shape index (κ3) is 3.21. The van der Waals surface area contributed by atoms with Gasteiger partial charge in [-0.2, -0.15) is 18.3 Å². The topological polar surface area (TPSA) is 44.1 Å². The van der Waals surface area contributed by atoms with Crippen LogP contribution in [0.2, 0.25) is 0 Å². The van der Waals surface area contributed by atoms with E-state index >= 15 is 0 Å². The zero-order valence-corrected chi connectivity index (χ0v) is 9.71. The van der Waals surface area contributed by atoms with Crippen molar-refractivity contribution in [3.8, 4) is 0 Å². The Bertz CT molecular complexity index is 410.